The molecule has 0 fully saturated rings. The van der Waals surface area contributed by atoms with Crippen LogP contribution < -0.4 is 9.47 Å². The van der Waals surface area contributed by atoms with Crippen LogP contribution in [0.1, 0.15) is 6.92 Å². The molecule has 0 aromatic heterocycles. The Morgan fingerprint density at radius 2 is 2.23 bits per heavy atom. The lowest BCUT2D eigenvalue weighted by Crippen LogP contribution is -2.03. The van der Waals surface area contributed by atoms with Gasteiger partial charge >= 0.3 is 0 Å². The number of benzene rings is 1. The maximum atomic E-state index is 5.30. The van der Waals surface area contributed by atoms with E-state index in [2.05, 4.69) is 6.07 Å². The zero-order valence-corrected chi connectivity index (χ0v) is 7.87. The average molecular weight is 181 g/mol. The van der Waals surface area contributed by atoms with Gasteiger partial charge in [0.2, 0.25) is 0 Å². The van der Waals surface area contributed by atoms with E-state index in [1.54, 1.807) is 25.3 Å². The summed E-state index contributed by atoms with van der Waals surface area (Å²) in [5, 5.41) is 0. The zero-order chi connectivity index (χ0) is 9.52. The first-order chi connectivity index (χ1) is 6.38. The maximum Gasteiger partial charge on any atom is 0.189 e. The molecule has 3 nitrogen and oxygen atoms in total. The van der Waals surface area contributed by atoms with Crippen molar-refractivity contribution in [3.8, 4) is 11.5 Å². The molecular weight excluding hydrogens is 168 g/mol. The molecule has 0 unspecified atom stereocenters. The lowest BCUT2D eigenvalue weighted by Gasteiger charge is -2.09. The Balaban J connectivity index is 2.54. The molecule has 13 heavy (non-hydrogen) atoms. The second-order valence-electron chi connectivity index (χ2n) is 2.33. The van der Waals surface area contributed by atoms with Crippen molar-refractivity contribution in [3.63, 3.8) is 0 Å². The number of hydrogen-bond donors (Lipinski definition) is 0. The molecule has 0 atom stereocenters. The van der Waals surface area contributed by atoms with Crippen LogP contribution in [-0.4, -0.2) is 20.5 Å². The maximum absolute atomic E-state index is 5.30. The molecule has 1 aromatic carbocycles. The Labute approximate surface area is 78.2 Å². The second kappa shape index (κ2) is 5.43. The largest absolute Gasteiger partial charge is 0.493 e. The van der Waals surface area contributed by atoms with Gasteiger partial charge in [0.05, 0.1) is 7.11 Å². The highest BCUT2D eigenvalue weighted by Gasteiger charge is 2.00. The molecule has 3 heteroatoms. The fourth-order valence-corrected chi connectivity index (χ4v) is 0.868. The minimum atomic E-state index is 0.247. The molecule has 71 valence electrons. The summed E-state index contributed by atoms with van der Waals surface area (Å²) in [5.41, 5.74) is 0. The van der Waals surface area contributed by atoms with Crippen molar-refractivity contribution >= 4 is 0 Å². The highest BCUT2D eigenvalue weighted by atomic mass is 16.7. The Hall–Kier alpha value is -1.22. The van der Waals surface area contributed by atoms with Crippen LogP contribution in [0.4, 0.5) is 0 Å². The number of hydrogen-bond acceptors (Lipinski definition) is 3. The molecule has 0 aliphatic carbocycles. The van der Waals surface area contributed by atoms with Crippen LogP contribution in [0.2, 0.25) is 0 Å². The van der Waals surface area contributed by atoms with Crippen molar-refractivity contribution in [2.75, 3.05) is 20.5 Å². The molecular formula is C10H13O3. The summed E-state index contributed by atoms with van der Waals surface area (Å²) in [6.45, 7) is 2.80. The molecule has 1 radical (unpaired) electrons. The van der Waals surface area contributed by atoms with Gasteiger partial charge in [-0.05, 0) is 25.1 Å². The van der Waals surface area contributed by atoms with Crippen LogP contribution in [0, 0.1) is 6.07 Å². The molecule has 0 saturated heterocycles. The molecule has 0 amide bonds. The molecule has 1 aromatic rings. The van der Waals surface area contributed by atoms with Crippen LogP contribution in [0.15, 0.2) is 18.2 Å². The van der Waals surface area contributed by atoms with Crippen LogP contribution in [0.25, 0.3) is 0 Å². The second-order valence-corrected chi connectivity index (χ2v) is 2.33. The predicted molar refractivity (Wildman–Crippen MR) is 49.0 cm³/mol. The summed E-state index contributed by atoms with van der Waals surface area (Å²) in [7, 11) is 1.59. The average Bonchev–Trinajstić information content (AvgIpc) is 2.19. The van der Waals surface area contributed by atoms with Crippen molar-refractivity contribution in [1.82, 2.24) is 0 Å². The Kier molecular flexibility index (Phi) is 4.12. The van der Waals surface area contributed by atoms with E-state index in [-0.39, 0.29) is 6.79 Å². The summed E-state index contributed by atoms with van der Waals surface area (Å²) >= 11 is 0. The minimum Gasteiger partial charge on any atom is -0.493 e. The lowest BCUT2D eigenvalue weighted by atomic mass is 10.3. The summed E-state index contributed by atoms with van der Waals surface area (Å²) < 4.78 is 15.4. The van der Waals surface area contributed by atoms with E-state index in [4.69, 9.17) is 14.2 Å². The van der Waals surface area contributed by atoms with Crippen molar-refractivity contribution in [3.05, 3.63) is 24.3 Å². The minimum absolute atomic E-state index is 0.247. The van der Waals surface area contributed by atoms with Gasteiger partial charge in [-0.1, -0.05) is 6.07 Å². The van der Waals surface area contributed by atoms with E-state index in [1.807, 2.05) is 6.92 Å². The third-order valence-corrected chi connectivity index (χ3v) is 1.51. The van der Waals surface area contributed by atoms with Gasteiger partial charge in [-0.15, -0.1) is 0 Å². The number of methoxy groups -OCH3 is 1. The quantitative estimate of drug-likeness (QED) is 0.512. The SMILES string of the molecule is CCOCOc1cc[c]cc1OC. The number of rotatable bonds is 5. The van der Waals surface area contributed by atoms with Gasteiger partial charge in [0.1, 0.15) is 0 Å². The van der Waals surface area contributed by atoms with Crippen LogP contribution in [-0.2, 0) is 4.74 Å². The van der Waals surface area contributed by atoms with E-state index in [9.17, 15) is 0 Å². The van der Waals surface area contributed by atoms with E-state index < -0.39 is 0 Å². The van der Waals surface area contributed by atoms with Gasteiger partial charge in [-0.25, -0.2) is 0 Å². The first-order valence-electron chi connectivity index (χ1n) is 4.13. The molecule has 0 bridgehead atoms. The normalized spacial score (nSPS) is 9.69. The molecule has 0 aliphatic rings. The lowest BCUT2D eigenvalue weighted by molar-refractivity contribution is 0.0209. The van der Waals surface area contributed by atoms with Gasteiger partial charge < -0.3 is 14.2 Å². The van der Waals surface area contributed by atoms with E-state index in [0.29, 0.717) is 18.1 Å². The van der Waals surface area contributed by atoms with Crippen molar-refractivity contribution in [1.29, 1.82) is 0 Å². The predicted octanol–water partition coefficient (Wildman–Crippen LogP) is 1.87. The number of ether oxygens (including phenoxy) is 3. The molecule has 0 N–H and O–H groups in total. The molecule has 1 rings (SSSR count). The van der Waals surface area contributed by atoms with Gasteiger partial charge in [0, 0.05) is 6.61 Å². The highest BCUT2D eigenvalue weighted by molar-refractivity contribution is 5.38. The topological polar surface area (TPSA) is 27.7 Å². The summed E-state index contributed by atoms with van der Waals surface area (Å²) in [5.74, 6) is 1.34. The molecule has 0 saturated carbocycles. The first kappa shape index (κ1) is 9.86. The molecule has 0 aliphatic heterocycles. The van der Waals surface area contributed by atoms with Crippen LogP contribution in [0.3, 0.4) is 0 Å². The van der Waals surface area contributed by atoms with Gasteiger partial charge in [-0.3, -0.25) is 0 Å². The first-order valence-corrected chi connectivity index (χ1v) is 4.13. The van der Waals surface area contributed by atoms with Crippen molar-refractivity contribution in [2.45, 2.75) is 6.92 Å². The smallest absolute Gasteiger partial charge is 0.189 e. The summed E-state index contributed by atoms with van der Waals surface area (Å²) in [6, 6.07) is 8.18. The summed E-state index contributed by atoms with van der Waals surface area (Å²) in [4.78, 5) is 0. The summed E-state index contributed by atoms with van der Waals surface area (Å²) in [6.07, 6.45) is 0. The van der Waals surface area contributed by atoms with Crippen molar-refractivity contribution in [2.24, 2.45) is 0 Å². The van der Waals surface area contributed by atoms with Gasteiger partial charge in [-0.2, -0.15) is 0 Å². The van der Waals surface area contributed by atoms with Crippen molar-refractivity contribution < 1.29 is 14.2 Å². The van der Waals surface area contributed by atoms with Gasteiger partial charge in [0.15, 0.2) is 18.3 Å². The zero-order valence-electron chi connectivity index (χ0n) is 7.87. The van der Waals surface area contributed by atoms with Crippen LogP contribution in [0.5, 0.6) is 11.5 Å². The molecule has 0 spiro atoms. The third kappa shape index (κ3) is 2.95. The van der Waals surface area contributed by atoms with Crippen LogP contribution >= 0.6 is 0 Å². The van der Waals surface area contributed by atoms with Gasteiger partial charge in [0.25, 0.3) is 0 Å². The van der Waals surface area contributed by atoms with E-state index in [0.717, 1.165) is 0 Å². The Morgan fingerprint density at radius 1 is 1.38 bits per heavy atom. The monoisotopic (exact) mass is 181 g/mol. The van der Waals surface area contributed by atoms with E-state index >= 15 is 0 Å². The fraction of sp³-hybridized carbons (Fsp3) is 0.400. The Morgan fingerprint density at radius 3 is 2.92 bits per heavy atom. The Bertz CT molecular complexity index is 248. The molecule has 0 heterocycles. The fourth-order valence-electron chi connectivity index (χ4n) is 0.868. The standard InChI is InChI=1S/C10H13O3/c1-3-12-8-13-10-7-5-4-6-9(10)11-2/h5-7H,3,8H2,1-2H3. The van der Waals surface area contributed by atoms with E-state index in [1.165, 1.54) is 0 Å². The third-order valence-electron chi connectivity index (χ3n) is 1.51. The highest BCUT2D eigenvalue weighted by Crippen LogP contribution is 2.25.